The Hall–Kier alpha value is -1.92. The van der Waals surface area contributed by atoms with E-state index in [1.54, 1.807) is 0 Å². The van der Waals surface area contributed by atoms with Crippen molar-refractivity contribution < 1.29 is 9.72 Å². The lowest BCUT2D eigenvalue weighted by atomic mass is 10.1. The summed E-state index contributed by atoms with van der Waals surface area (Å²) in [5, 5.41) is 11.3. The van der Waals surface area contributed by atoms with Crippen molar-refractivity contribution in [1.29, 1.82) is 0 Å². The van der Waals surface area contributed by atoms with E-state index in [9.17, 15) is 14.9 Å². The number of carbonyl (C=O) groups is 1. The Bertz CT molecular complexity index is 654. The summed E-state index contributed by atoms with van der Waals surface area (Å²) in [7, 11) is 0. The predicted octanol–water partition coefficient (Wildman–Crippen LogP) is 2.98. The molecule has 0 spiro atoms. The normalized spacial score (nSPS) is 10.4. The monoisotopic (exact) mass is 299 g/mol. The molecule has 0 saturated carbocycles. The average molecular weight is 300 g/mol. The zero-order valence-corrected chi connectivity index (χ0v) is 10.9. The summed E-state index contributed by atoms with van der Waals surface area (Å²) in [6.07, 6.45) is 2.62. The van der Waals surface area contributed by atoms with E-state index in [4.69, 9.17) is 23.2 Å². The van der Waals surface area contributed by atoms with Gasteiger partial charge >= 0.3 is 5.95 Å². The molecule has 0 fully saturated rings. The number of ketones is 1. The fourth-order valence-electron chi connectivity index (χ4n) is 1.55. The summed E-state index contributed by atoms with van der Waals surface area (Å²) in [6.45, 7) is -0.211. The number of hydrogen-bond donors (Lipinski definition) is 0. The van der Waals surface area contributed by atoms with Gasteiger partial charge in [0.1, 0.15) is 18.9 Å². The van der Waals surface area contributed by atoms with E-state index in [0.29, 0.717) is 5.02 Å². The quantitative estimate of drug-likeness (QED) is 0.494. The number of imidazole rings is 1. The number of nitro groups is 1. The van der Waals surface area contributed by atoms with Crippen LogP contribution in [0.5, 0.6) is 0 Å². The van der Waals surface area contributed by atoms with Crippen molar-refractivity contribution in [2.75, 3.05) is 0 Å². The van der Waals surface area contributed by atoms with Gasteiger partial charge in [-0.1, -0.05) is 28.2 Å². The minimum atomic E-state index is -0.656. The van der Waals surface area contributed by atoms with Gasteiger partial charge in [0.15, 0.2) is 5.78 Å². The van der Waals surface area contributed by atoms with E-state index in [-0.39, 0.29) is 22.9 Å². The maximum atomic E-state index is 12.0. The van der Waals surface area contributed by atoms with Crippen LogP contribution in [0.15, 0.2) is 30.6 Å². The number of aromatic nitrogens is 2. The molecule has 1 heterocycles. The highest BCUT2D eigenvalue weighted by molar-refractivity contribution is 6.36. The number of rotatable bonds is 4. The van der Waals surface area contributed by atoms with Gasteiger partial charge in [0.05, 0.1) is 5.02 Å². The van der Waals surface area contributed by atoms with E-state index in [1.807, 2.05) is 0 Å². The summed E-state index contributed by atoms with van der Waals surface area (Å²) in [6, 6.07) is 4.46. The molecule has 0 radical (unpaired) electrons. The standard InChI is InChI=1S/C11H7Cl2N3O3/c12-7-1-2-8(9(13)5-7)10(17)6-15-4-3-14-11(15)16(18)19/h1-5H,6H2. The molecule has 1 aromatic heterocycles. The van der Waals surface area contributed by atoms with Gasteiger partial charge in [-0.2, -0.15) is 0 Å². The van der Waals surface area contributed by atoms with E-state index in [1.165, 1.54) is 30.6 Å². The summed E-state index contributed by atoms with van der Waals surface area (Å²) in [4.78, 5) is 25.6. The van der Waals surface area contributed by atoms with Gasteiger partial charge in [0.25, 0.3) is 0 Å². The second-order valence-corrected chi connectivity index (χ2v) is 4.50. The molecule has 2 rings (SSSR count). The molecule has 0 amide bonds. The number of hydrogen-bond acceptors (Lipinski definition) is 4. The van der Waals surface area contributed by atoms with Gasteiger partial charge < -0.3 is 10.1 Å². The van der Waals surface area contributed by atoms with Crippen LogP contribution in [0.25, 0.3) is 0 Å². The first-order chi connectivity index (χ1) is 8.99. The first kappa shape index (κ1) is 13.5. The van der Waals surface area contributed by atoms with Gasteiger partial charge in [-0.05, 0) is 23.1 Å². The zero-order chi connectivity index (χ0) is 14.0. The van der Waals surface area contributed by atoms with E-state index >= 15 is 0 Å². The van der Waals surface area contributed by atoms with Crippen LogP contribution in [-0.4, -0.2) is 20.3 Å². The second kappa shape index (κ2) is 5.38. The maximum Gasteiger partial charge on any atom is 0.434 e. The van der Waals surface area contributed by atoms with Gasteiger partial charge in [-0.15, -0.1) is 0 Å². The number of benzene rings is 1. The first-order valence-corrected chi connectivity index (χ1v) is 5.88. The summed E-state index contributed by atoms with van der Waals surface area (Å²) in [5.41, 5.74) is 0.258. The SMILES string of the molecule is O=C(Cn1ccnc1[N+](=O)[O-])c1ccc(Cl)cc1Cl. The molecule has 0 aliphatic carbocycles. The lowest BCUT2D eigenvalue weighted by Crippen LogP contribution is -2.12. The number of halogens is 2. The van der Waals surface area contributed by atoms with Crippen molar-refractivity contribution >= 4 is 34.9 Å². The molecule has 0 saturated heterocycles. The van der Waals surface area contributed by atoms with E-state index in [0.717, 1.165) is 4.57 Å². The van der Waals surface area contributed by atoms with Crippen LogP contribution in [-0.2, 0) is 6.54 Å². The Morgan fingerprint density at radius 3 is 2.79 bits per heavy atom. The van der Waals surface area contributed by atoms with Crippen molar-refractivity contribution in [2.24, 2.45) is 0 Å². The third-order valence-electron chi connectivity index (χ3n) is 2.40. The summed E-state index contributed by atoms with van der Waals surface area (Å²) >= 11 is 11.6. The van der Waals surface area contributed by atoms with Crippen LogP contribution >= 0.6 is 23.2 Å². The largest absolute Gasteiger partial charge is 0.434 e. The number of carbonyl (C=O) groups excluding carboxylic acids is 1. The molecular weight excluding hydrogens is 293 g/mol. The lowest BCUT2D eigenvalue weighted by molar-refractivity contribution is -0.396. The highest BCUT2D eigenvalue weighted by Gasteiger charge is 2.19. The van der Waals surface area contributed by atoms with Crippen molar-refractivity contribution in [2.45, 2.75) is 6.54 Å². The Balaban J connectivity index is 2.26. The molecule has 0 bridgehead atoms. The molecule has 8 heteroatoms. The topological polar surface area (TPSA) is 78.0 Å². The fourth-order valence-corrected chi connectivity index (χ4v) is 2.07. The first-order valence-electron chi connectivity index (χ1n) is 5.13. The molecule has 0 atom stereocenters. The molecule has 0 unspecified atom stereocenters. The number of nitrogens with zero attached hydrogens (tertiary/aromatic N) is 3. The molecule has 6 nitrogen and oxygen atoms in total. The van der Waals surface area contributed by atoms with Gasteiger partial charge in [0, 0.05) is 10.6 Å². The zero-order valence-electron chi connectivity index (χ0n) is 9.42. The summed E-state index contributed by atoms with van der Waals surface area (Å²) in [5.74, 6) is -0.749. The van der Waals surface area contributed by atoms with Crippen LogP contribution in [0, 0.1) is 10.1 Å². The Morgan fingerprint density at radius 1 is 1.42 bits per heavy atom. The van der Waals surface area contributed by atoms with Crippen molar-refractivity contribution in [3.8, 4) is 0 Å². The van der Waals surface area contributed by atoms with Crippen molar-refractivity contribution in [3.05, 3.63) is 56.3 Å². The highest BCUT2D eigenvalue weighted by Crippen LogP contribution is 2.22. The average Bonchev–Trinajstić information content (AvgIpc) is 2.76. The third-order valence-corrected chi connectivity index (χ3v) is 2.95. The van der Waals surface area contributed by atoms with Crippen molar-refractivity contribution in [1.82, 2.24) is 9.55 Å². The molecule has 0 aliphatic rings. The van der Waals surface area contributed by atoms with Crippen LogP contribution < -0.4 is 0 Å². The molecule has 0 N–H and O–H groups in total. The maximum absolute atomic E-state index is 12.0. The van der Waals surface area contributed by atoms with Crippen LogP contribution in [0.4, 0.5) is 5.95 Å². The van der Waals surface area contributed by atoms with Crippen LogP contribution in [0.1, 0.15) is 10.4 Å². The lowest BCUT2D eigenvalue weighted by Gasteiger charge is -2.04. The van der Waals surface area contributed by atoms with E-state index < -0.39 is 10.9 Å². The van der Waals surface area contributed by atoms with Gasteiger partial charge in [0.2, 0.25) is 0 Å². The summed E-state index contributed by atoms with van der Waals surface area (Å²) < 4.78 is 1.15. The second-order valence-electron chi connectivity index (χ2n) is 3.66. The fraction of sp³-hybridized carbons (Fsp3) is 0.0909. The molecule has 98 valence electrons. The minimum Gasteiger partial charge on any atom is -0.390 e. The van der Waals surface area contributed by atoms with Crippen LogP contribution in [0.3, 0.4) is 0 Å². The molecule has 19 heavy (non-hydrogen) atoms. The highest BCUT2D eigenvalue weighted by atomic mass is 35.5. The smallest absolute Gasteiger partial charge is 0.390 e. The molecular formula is C11H7Cl2N3O3. The van der Waals surface area contributed by atoms with Gasteiger partial charge in [-0.3, -0.25) is 4.79 Å². The molecule has 1 aromatic carbocycles. The predicted molar refractivity (Wildman–Crippen MR) is 69.7 cm³/mol. The molecule has 2 aromatic rings. The van der Waals surface area contributed by atoms with Gasteiger partial charge in [-0.25, -0.2) is 4.57 Å². The van der Waals surface area contributed by atoms with E-state index in [2.05, 4.69) is 4.98 Å². The Kier molecular flexibility index (Phi) is 3.82. The Morgan fingerprint density at radius 2 is 2.16 bits per heavy atom. The van der Waals surface area contributed by atoms with Crippen LogP contribution in [0.2, 0.25) is 10.0 Å². The number of Topliss-reactive ketones (excluding diaryl/α,β-unsaturated/α-hetero) is 1. The third kappa shape index (κ3) is 2.91. The minimum absolute atomic E-state index is 0.209. The van der Waals surface area contributed by atoms with Crippen molar-refractivity contribution in [3.63, 3.8) is 0 Å². The Labute approximate surface area is 117 Å². The molecule has 0 aliphatic heterocycles.